The lowest BCUT2D eigenvalue weighted by atomic mass is 10.2. The van der Waals surface area contributed by atoms with E-state index < -0.39 is 24.1 Å². The van der Waals surface area contributed by atoms with Gasteiger partial charge in [0.15, 0.2) is 0 Å². The first-order chi connectivity index (χ1) is 9.40. The van der Waals surface area contributed by atoms with Gasteiger partial charge in [-0.1, -0.05) is 0 Å². The van der Waals surface area contributed by atoms with Gasteiger partial charge in [0, 0.05) is 14.1 Å². The molecule has 0 unspecified atom stereocenters. The molecule has 1 N–H and O–H groups in total. The van der Waals surface area contributed by atoms with E-state index in [2.05, 4.69) is 20.5 Å². The summed E-state index contributed by atoms with van der Waals surface area (Å²) in [5, 5.41) is 10.2. The lowest BCUT2D eigenvalue weighted by Gasteiger charge is -2.12. The number of nitrogens with zero attached hydrogens (tertiary/aromatic N) is 5. The lowest BCUT2D eigenvalue weighted by Crippen LogP contribution is -2.30. The van der Waals surface area contributed by atoms with Gasteiger partial charge in [-0.15, -0.1) is 0 Å². The summed E-state index contributed by atoms with van der Waals surface area (Å²) >= 11 is 0. The summed E-state index contributed by atoms with van der Waals surface area (Å²) in [4.78, 5) is 16.1. The van der Waals surface area contributed by atoms with Crippen molar-refractivity contribution in [2.45, 2.75) is 19.4 Å². The van der Waals surface area contributed by atoms with Gasteiger partial charge < -0.3 is 5.32 Å². The molecule has 0 aliphatic rings. The van der Waals surface area contributed by atoms with Crippen molar-refractivity contribution in [3.05, 3.63) is 29.6 Å². The van der Waals surface area contributed by atoms with E-state index in [1.807, 2.05) is 0 Å². The van der Waals surface area contributed by atoms with Crippen molar-refractivity contribution in [3.63, 3.8) is 0 Å². The summed E-state index contributed by atoms with van der Waals surface area (Å²) < 4.78 is 27.7. The van der Waals surface area contributed by atoms with E-state index in [1.165, 1.54) is 18.1 Å². The second-order valence-electron chi connectivity index (χ2n) is 4.32. The Balaban J connectivity index is 2.14. The van der Waals surface area contributed by atoms with Crippen LogP contribution in [0.4, 0.5) is 8.78 Å². The SMILES string of the molecule is C[C@H](NC(=O)c1cc(C(F)F)nn1C)c1ncnn1C. The summed E-state index contributed by atoms with van der Waals surface area (Å²) in [5.41, 5.74) is -0.363. The summed E-state index contributed by atoms with van der Waals surface area (Å²) in [6.45, 7) is 1.73. The van der Waals surface area contributed by atoms with E-state index in [-0.39, 0.29) is 5.69 Å². The molecular formula is C11H14F2N6O. The van der Waals surface area contributed by atoms with Crippen LogP contribution in [-0.2, 0) is 14.1 Å². The zero-order chi connectivity index (χ0) is 14.9. The van der Waals surface area contributed by atoms with Gasteiger partial charge in [-0.3, -0.25) is 14.2 Å². The molecule has 2 rings (SSSR count). The van der Waals surface area contributed by atoms with Gasteiger partial charge in [-0.2, -0.15) is 10.2 Å². The number of hydrogen-bond acceptors (Lipinski definition) is 4. The molecule has 108 valence electrons. The molecule has 20 heavy (non-hydrogen) atoms. The largest absolute Gasteiger partial charge is 0.341 e. The van der Waals surface area contributed by atoms with Crippen LogP contribution in [0.3, 0.4) is 0 Å². The maximum atomic E-state index is 12.5. The van der Waals surface area contributed by atoms with Crippen molar-refractivity contribution < 1.29 is 13.6 Å². The Morgan fingerprint density at radius 1 is 1.35 bits per heavy atom. The first-order valence-corrected chi connectivity index (χ1v) is 5.87. The minimum atomic E-state index is -2.71. The van der Waals surface area contributed by atoms with Crippen LogP contribution in [0.25, 0.3) is 0 Å². The molecule has 0 saturated carbocycles. The smallest absolute Gasteiger partial charge is 0.282 e. The van der Waals surface area contributed by atoms with E-state index >= 15 is 0 Å². The van der Waals surface area contributed by atoms with Crippen LogP contribution >= 0.6 is 0 Å². The fraction of sp³-hybridized carbons (Fsp3) is 0.455. The Labute approximate surface area is 113 Å². The monoisotopic (exact) mass is 284 g/mol. The Morgan fingerprint density at radius 2 is 2.05 bits per heavy atom. The summed E-state index contributed by atoms with van der Waals surface area (Å²) in [6, 6.07) is 0.670. The van der Waals surface area contributed by atoms with Gasteiger partial charge in [-0.25, -0.2) is 13.8 Å². The molecule has 0 aliphatic carbocycles. The molecule has 2 heterocycles. The molecule has 9 heteroatoms. The van der Waals surface area contributed by atoms with Crippen molar-refractivity contribution in [1.29, 1.82) is 0 Å². The number of aryl methyl sites for hydroxylation is 2. The van der Waals surface area contributed by atoms with Crippen LogP contribution in [0.15, 0.2) is 12.4 Å². The number of hydrogen-bond donors (Lipinski definition) is 1. The maximum absolute atomic E-state index is 12.5. The minimum Gasteiger partial charge on any atom is -0.341 e. The van der Waals surface area contributed by atoms with Crippen molar-refractivity contribution in [2.75, 3.05) is 0 Å². The van der Waals surface area contributed by atoms with Crippen LogP contribution in [-0.4, -0.2) is 30.5 Å². The van der Waals surface area contributed by atoms with Gasteiger partial charge in [0.05, 0.1) is 6.04 Å². The molecule has 7 nitrogen and oxygen atoms in total. The van der Waals surface area contributed by atoms with Crippen molar-refractivity contribution in [1.82, 2.24) is 29.9 Å². The highest BCUT2D eigenvalue weighted by molar-refractivity contribution is 5.92. The normalized spacial score (nSPS) is 12.7. The van der Waals surface area contributed by atoms with Crippen LogP contribution in [0, 0.1) is 0 Å². The highest BCUT2D eigenvalue weighted by atomic mass is 19.3. The average molecular weight is 284 g/mol. The van der Waals surface area contributed by atoms with E-state index in [4.69, 9.17) is 0 Å². The quantitative estimate of drug-likeness (QED) is 0.907. The second-order valence-corrected chi connectivity index (χ2v) is 4.32. The van der Waals surface area contributed by atoms with E-state index in [9.17, 15) is 13.6 Å². The van der Waals surface area contributed by atoms with Crippen molar-refractivity contribution in [3.8, 4) is 0 Å². The van der Waals surface area contributed by atoms with E-state index in [0.717, 1.165) is 10.7 Å². The third-order valence-electron chi connectivity index (χ3n) is 2.84. The molecule has 0 radical (unpaired) electrons. The molecular weight excluding hydrogens is 270 g/mol. The predicted molar refractivity (Wildman–Crippen MR) is 65.0 cm³/mol. The molecule has 0 aromatic carbocycles. The molecule has 0 spiro atoms. The number of nitrogens with one attached hydrogen (secondary N) is 1. The Bertz CT molecular complexity index is 620. The van der Waals surface area contributed by atoms with Gasteiger partial charge >= 0.3 is 0 Å². The Morgan fingerprint density at radius 3 is 2.55 bits per heavy atom. The highest BCUT2D eigenvalue weighted by Gasteiger charge is 2.21. The average Bonchev–Trinajstić information content (AvgIpc) is 2.95. The number of amides is 1. The molecule has 2 aromatic rings. The number of carbonyl (C=O) groups is 1. The Kier molecular flexibility index (Phi) is 3.77. The molecule has 0 fully saturated rings. The number of carbonyl (C=O) groups excluding carboxylic acids is 1. The standard InChI is InChI=1S/C11H14F2N6O/c1-6(10-14-5-15-19(10)3)16-11(20)8-4-7(9(12)13)17-18(8)2/h4-6,9H,1-3H3,(H,16,20)/t6-/m0/s1. The number of alkyl halides is 2. The summed E-state index contributed by atoms with van der Waals surface area (Å²) in [7, 11) is 3.14. The highest BCUT2D eigenvalue weighted by Crippen LogP contribution is 2.18. The van der Waals surface area contributed by atoms with Crippen LogP contribution in [0.2, 0.25) is 0 Å². The number of rotatable bonds is 4. The van der Waals surface area contributed by atoms with E-state index in [0.29, 0.717) is 5.82 Å². The fourth-order valence-electron chi connectivity index (χ4n) is 1.84. The predicted octanol–water partition coefficient (Wildman–Crippen LogP) is 0.977. The summed E-state index contributed by atoms with van der Waals surface area (Å²) in [5.74, 6) is 0.0667. The zero-order valence-corrected chi connectivity index (χ0v) is 11.2. The first-order valence-electron chi connectivity index (χ1n) is 5.87. The number of halogens is 2. The fourth-order valence-corrected chi connectivity index (χ4v) is 1.84. The molecule has 0 aliphatic heterocycles. The van der Waals surface area contributed by atoms with Gasteiger partial charge in [0.25, 0.3) is 12.3 Å². The summed E-state index contributed by atoms with van der Waals surface area (Å²) in [6.07, 6.45) is -1.34. The van der Waals surface area contributed by atoms with Crippen LogP contribution in [0.1, 0.15) is 41.4 Å². The topological polar surface area (TPSA) is 77.6 Å². The molecule has 0 bridgehead atoms. The lowest BCUT2D eigenvalue weighted by molar-refractivity contribution is 0.0928. The van der Waals surface area contributed by atoms with Gasteiger partial charge in [0.2, 0.25) is 0 Å². The third-order valence-corrected chi connectivity index (χ3v) is 2.84. The molecule has 2 aromatic heterocycles. The van der Waals surface area contributed by atoms with Crippen molar-refractivity contribution >= 4 is 5.91 Å². The zero-order valence-electron chi connectivity index (χ0n) is 11.2. The second kappa shape index (κ2) is 5.35. The third kappa shape index (κ3) is 2.65. The molecule has 1 amide bonds. The maximum Gasteiger partial charge on any atom is 0.282 e. The Hall–Kier alpha value is -2.32. The van der Waals surface area contributed by atoms with Gasteiger partial charge in [0.1, 0.15) is 23.5 Å². The van der Waals surface area contributed by atoms with E-state index in [1.54, 1.807) is 14.0 Å². The van der Waals surface area contributed by atoms with Gasteiger partial charge in [-0.05, 0) is 13.0 Å². The number of aromatic nitrogens is 5. The van der Waals surface area contributed by atoms with Crippen LogP contribution in [0.5, 0.6) is 0 Å². The van der Waals surface area contributed by atoms with Crippen LogP contribution < -0.4 is 5.32 Å². The minimum absolute atomic E-state index is 0.0642. The first kappa shape index (κ1) is 14.1. The molecule has 1 atom stereocenters. The molecule has 0 saturated heterocycles. The van der Waals surface area contributed by atoms with Crippen molar-refractivity contribution in [2.24, 2.45) is 14.1 Å².